The lowest BCUT2D eigenvalue weighted by atomic mass is 9.93. The molecule has 1 saturated heterocycles. The van der Waals surface area contributed by atoms with E-state index in [1.807, 2.05) is 13.8 Å². The van der Waals surface area contributed by atoms with Gasteiger partial charge in [0, 0.05) is 12.5 Å². The lowest BCUT2D eigenvalue weighted by Crippen LogP contribution is -2.52. The predicted molar refractivity (Wildman–Crippen MR) is 97.0 cm³/mol. The lowest BCUT2D eigenvalue weighted by molar-refractivity contribution is -0.157. The molecule has 0 unspecified atom stereocenters. The molecule has 23 heavy (non-hydrogen) atoms. The van der Waals surface area contributed by atoms with Gasteiger partial charge >= 0.3 is 0 Å². The van der Waals surface area contributed by atoms with Crippen LogP contribution >= 0.6 is 0 Å². The van der Waals surface area contributed by atoms with E-state index in [9.17, 15) is 5.11 Å². The largest absolute Gasteiger partial charge is 0.411 e. The molecular formula is C18H36O4Si. The molecule has 0 radical (unpaired) electrons. The van der Waals surface area contributed by atoms with Crippen molar-refractivity contribution in [2.75, 3.05) is 6.61 Å². The molecule has 0 aromatic rings. The van der Waals surface area contributed by atoms with Gasteiger partial charge in [-0.15, -0.1) is 6.58 Å². The zero-order chi connectivity index (χ0) is 18.1. The molecule has 0 saturated carbocycles. The van der Waals surface area contributed by atoms with Crippen LogP contribution in [0.3, 0.4) is 0 Å². The molecule has 1 N–H and O–H groups in total. The minimum absolute atomic E-state index is 0.0223. The highest BCUT2D eigenvalue weighted by Gasteiger charge is 2.49. The fraction of sp³-hybridized carbons (Fsp3) is 0.889. The molecular weight excluding hydrogens is 308 g/mol. The minimum Gasteiger partial charge on any atom is -0.411 e. The van der Waals surface area contributed by atoms with E-state index < -0.39 is 14.1 Å². The third-order valence-electron chi connectivity index (χ3n) is 5.18. The summed E-state index contributed by atoms with van der Waals surface area (Å²) in [7, 11) is -2.00. The van der Waals surface area contributed by atoms with Gasteiger partial charge in [-0.2, -0.15) is 0 Å². The Kier molecular flexibility index (Phi) is 6.67. The number of aliphatic hydroxyl groups excluding tert-OH is 1. The summed E-state index contributed by atoms with van der Waals surface area (Å²) >= 11 is 0. The van der Waals surface area contributed by atoms with Crippen molar-refractivity contribution in [1.29, 1.82) is 0 Å². The van der Waals surface area contributed by atoms with E-state index in [0.29, 0.717) is 0 Å². The lowest BCUT2D eigenvalue weighted by Gasteiger charge is -2.43. The Morgan fingerprint density at radius 1 is 1.30 bits per heavy atom. The van der Waals surface area contributed by atoms with E-state index in [1.165, 1.54) is 0 Å². The first kappa shape index (κ1) is 20.8. The van der Waals surface area contributed by atoms with Crippen LogP contribution in [0.1, 0.15) is 48.0 Å². The third kappa shape index (κ3) is 4.89. The summed E-state index contributed by atoms with van der Waals surface area (Å²) in [6.45, 7) is 21.0. The molecule has 1 aliphatic heterocycles. The predicted octanol–water partition coefficient (Wildman–Crippen LogP) is 4.10. The SMILES string of the molecule is C=C[C@H]1OC(C)(C)O[C@@H]1[C@@H](O[Si](C)(C)C(C)(C)C)[C@H](CC)CO. The van der Waals surface area contributed by atoms with Crippen molar-refractivity contribution < 1.29 is 19.0 Å². The van der Waals surface area contributed by atoms with Gasteiger partial charge in [-0.1, -0.05) is 33.8 Å². The number of aliphatic hydroxyl groups is 1. The van der Waals surface area contributed by atoms with Gasteiger partial charge in [0.1, 0.15) is 12.2 Å². The summed E-state index contributed by atoms with van der Waals surface area (Å²) < 4.78 is 18.8. The van der Waals surface area contributed by atoms with Crippen molar-refractivity contribution >= 4 is 8.32 Å². The molecule has 0 aromatic carbocycles. The summed E-state index contributed by atoms with van der Waals surface area (Å²) in [6.07, 6.45) is 1.95. The number of rotatable bonds is 7. The van der Waals surface area contributed by atoms with Crippen LogP contribution in [0.2, 0.25) is 18.1 Å². The Hall–Kier alpha value is -0.203. The third-order valence-corrected chi connectivity index (χ3v) is 9.65. The van der Waals surface area contributed by atoms with Gasteiger partial charge in [0.15, 0.2) is 14.1 Å². The first-order valence-electron chi connectivity index (χ1n) is 8.65. The molecule has 5 heteroatoms. The van der Waals surface area contributed by atoms with Crippen LogP contribution in [0.5, 0.6) is 0 Å². The van der Waals surface area contributed by atoms with Crippen LogP contribution in [-0.4, -0.2) is 44.1 Å². The normalized spacial score (nSPS) is 27.7. The monoisotopic (exact) mass is 344 g/mol. The molecule has 0 bridgehead atoms. The first-order chi connectivity index (χ1) is 10.4. The number of ether oxygens (including phenoxy) is 2. The highest BCUT2D eigenvalue weighted by atomic mass is 28.4. The fourth-order valence-electron chi connectivity index (χ4n) is 2.67. The van der Waals surface area contributed by atoms with Crippen molar-refractivity contribution in [3.05, 3.63) is 12.7 Å². The maximum atomic E-state index is 9.86. The summed E-state index contributed by atoms with van der Waals surface area (Å²) in [4.78, 5) is 0. The molecule has 0 amide bonds. The fourth-order valence-corrected chi connectivity index (χ4v) is 4.03. The van der Waals surface area contributed by atoms with Gasteiger partial charge in [0.05, 0.1) is 6.10 Å². The average Bonchev–Trinajstić information content (AvgIpc) is 2.72. The topological polar surface area (TPSA) is 47.9 Å². The van der Waals surface area contributed by atoms with Crippen molar-refractivity contribution in [3.8, 4) is 0 Å². The number of hydrogen-bond donors (Lipinski definition) is 1. The van der Waals surface area contributed by atoms with Crippen LogP contribution in [0, 0.1) is 5.92 Å². The molecule has 0 spiro atoms. The smallest absolute Gasteiger partial charge is 0.192 e. The minimum atomic E-state index is -2.00. The zero-order valence-electron chi connectivity index (χ0n) is 16.2. The van der Waals surface area contributed by atoms with Gasteiger partial charge in [0.25, 0.3) is 0 Å². The van der Waals surface area contributed by atoms with E-state index in [0.717, 1.165) is 6.42 Å². The zero-order valence-corrected chi connectivity index (χ0v) is 17.2. The first-order valence-corrected chi connectivity index (χ1v) is 11.6. The second-order valence-corrected chi connectivity index (χ2v) is 13.3. The molecule has 1 heterocycles. The van der Waals surface area contributed by atoms with Crippen molar-refractivity contribution in [1.82, 2.24) is 0 Å². The van der Waals surface area contributed by atoms with Gasteiger partial charge < -0.3 is 19.0 Å². The molecule has 1 rings (SSSR count). The Morgan fingerprint density at radius 2 is 1.87 bits per heavy atom. The highest BCUT2D eigenvalue weighted by Crippen LogP contribution is 2.41. The van der Waals surface area contributed by atoms with E-state index in [1.54, 1.807) is 6.08 Å². The summed E-state index contributed by atoms with van der Waals surface area (Å²) in [6, 6.07) is 0. The van der Waals surface area contributed by atoms with E-state index >= 15 is 0 Å². The molecule has 0 aromatic heterocycles. The van der Waals surface area contributed by atoms with Gasteiger partial charge in [-0.25, -0.2) is 0 Å². The van der Waals surface area contributed by atoms with E-state index in [4.69, 9.17) is 13.9 Å². The second-order valence-electron chi connectivity index (χ2n) is 8.49. The summed E-state index contributed by atoms with van der Waals surface area (Å²) in [5, 5.41) is 9.95. The quantitative estimate of drug-likeness (QED) is 0.558. The van der Waals surface area contributed by atoms with Gasteiger partial charge in [0.2, 0.25) is 0 Å². The molecule has 4 nitrogen and oxygen atoms in total. The van der Waals surface area contributed by atoms with Crippen LogP contribution < -0.4 is 0 Å². The molecule has 136 valence electrons. The molecule has 1 aliphatic rings. The molecule has 1 fully saturated rings. The average molecular weight is 345 g/mol. The van der Waals surface area contributed by atoms with Crippen molar-refractivity contribution in [2.24, 2.45) is 5.92 Å². The maximum Gasteiger partial charge on any atom is 0.192 e. The Morgan fingerprint density at radius 3 is 2.26 bits per heavy atom. The Bertz CT molecular complexity index is 396. The Labute approximate surface area is 143 Å². The van der Waals surface area contributed by atoms with Crippen LogP contribution in [0.4, 0.5) is 0 Å². The highest BCUT2D eigenvalue weighted by molar-refractivity contribution is 6.74. The standard InChI is InChI=1S/C18H36O4Si/c1-10-13(12-19)15(22-23(8,9)17(3,4)5)16-14(11-2)20-18(6,7)21-16/h11,13-16,19H,2,10,12H2,1,3-9H3/t13-,14-,15+,16+/m1/s1. The molecule has 4 atom stereocenters. The summed E-state index contributed by atoms with van der Waals surface area (Å²) in [5.74, 6) is -0.638. The Balaban J connectivity index is 3.13. The van der Waals surface area contributed by atoms with Crippen molar-refractivity contribution in [2.45, 2.75) is 90.2 Å². The van der Waals surface area contributed by atoms with E-state index in [-0.39, 0.29) is 35.9 Å². The van der Waals surface area contributed by atoms with Gasteiger partial charge in [-0.3, -0.25) is 0 Å². The van der Waals surface area contributed by atoms with Crippen LogP contribution in [-0.2, 0) is 13.9 Å². The summed E-state index contributed by atoms with van der Waals surface area (Å²) in [5.41, 5.74) is 0. The second kappa shape index (κ2) is 7.36. The number of hydrogen-bond acceptors (Lipinski definition) is 4. The van der Waals surface area contributed by atoms with E-state index in [2.05, 4.69) is 47.4 Å². The van der Waals surface area contributed by atoms with Gasteiger partial charge in [-0.05, 0) is 38.4 Å². The maximum absolute atomic E-state index is 9.86. The molecule has 0 aliphatic carbocycles. The van der Waals surface area contributed by atoms with Crippen molar-refractivity contribution in [3.63, 3.8) is 0 Å². The van der Waals surface area contributed by atoms with Crippen LogP contribution in [0.15, 0.2) is 12.7 Å². The van der Waals surface area contributed by atoms with Crippen LogP contribution in [0.25, 0.3) is 0 Å².